The monoisotopic (exact) mass is 209 g/mol. The molecule has 1 rings (SSSR count). The quantitative estimate of drug-likeness (QED) is 0.716. The van der Waals surface area contributed by atoms with Crippen LogP contribution in [-0.2, 0) is 4.74 Å². The van der Waals surface area contributed by atoms with Crippen molar-refractivity contribution in [2.75, 3.05) is 13.8 Å². The van der Waals surface area contributed by atoms with E-state index in [0.717, 1.165) is 0 Å². The van der Waals surface area contributed by atoms with Gasteiger partial charge in [-0.15, -0.1) is 0 Å². The fourth-order valence-electron chi connectivity index (χ4n) is 1.00. The maximum Gasteiger partial charge on any atom is 0.335 e. The molecule has 0 fully saturated rings. The Bertz CT molecular complexity index is 358. The largest absolute Gasteiger partial charge is 0.478 e. The van der Waals surface area contributed by atoms with Crippen molar-refractivity contribution < 1.29 is 19.4 Å². The highest BCUT2D eigenvalue weighted by Gasteiger charge is 2.06. The molecular weight excluding hydrogens is 198 g/mol. The van der Waals surface area contributed by atoms with Gasteiger partial charge in [-0.2, -0.15) is 0 Å². The lowest BCUT2D eigenvalue weighted by molar-refractivity contribution is 0.0696. The van der Waals surface area contributed by atoms with Crippen molar-refractivity contribution in [2.24, 2.45) is 0 Å². The average molecular weight is 209 g/mol. The molecular formula is C10H11NO4. The number of carbonyl (C=O) groups is 2. The summed E-state index contributed by atoms with van der Waals surface area (Å²) in [7, 11) is 1.47. The number of hydrogen-bond donors (Lipinski definition) is 2. The second-order valence-electron chi connectivity index (χ2n) is 2.82. The maximum absolute atomic E-state index is 11.3. The van der Waals surface area contributed by atoms with E-state index in [1.165, 1.54) is 31.4 Å². The Morgan fingerprint density at radius 1 is 1.27 bits per heavy atom. The van der Waals surface area contributed by atoms with Gasteiger partial charge in [-0.25, -0.2) is 4.79 Å². The van der Waals surface area contributed by atoms with E-state index in [1.54, 1.807) is 0 Å². The van der Waals surface area contributed by atoms with Crippen molar-refractivity contribution in [1.29, 1.82) is 0 Å². The van der Waals surface area contributed by atoms with Gasteiger partial charge in [-0.05, 0) is 24.3 Å². The van der Waals surface area contributed by atoms with E-state index in [1.807, 2.05) is 0 Å². The Morgan fingerprint density at radius 2 is 1.80 bits per heavy atom. The van der Waals surface area contributed by atoms with Gasteiger partial charge in [0, 0.05) is 12.7 Å². The first kappa shape index (κ1) is 11.2. The summed E-state index contributed by atoms with van der Waals surface area (Å²) in [6, 6.07) is 5.66. The van der Waals surface area contributed by atoms with E-state index in [0.29, 0.717) is 5.56 Å². The number of carbonyl (C=O) groups excluding carboxylic acids is 1. The molecule has 1 aromatic carbocycles. The zero-order chi connectivity index (χ0) is 11.3. The minimum atomic E-state index is -1.01. The van der Waals surface area contributed by atoms with Gasteiger partial charge in [0.25, 0.3) is 5.91 Å². The summed E-state index contributed by atoms with van der Waals surface area (Å²) in [4.78, 5) is 21.9. The Balaban J connectivity index is 2.71. The molecule has 80 valence electrons. The molecule has 0 aromatic heterocycles. The maximum atomic E-state index is 11.3. The third kappa shape index (κ3) is 3.07. The van der Waals surface area contributed by atoms with Crippen LogP contribution in [0.4, 0.5) is 0 Å². The zero-order valence-corrected chi connectivity index (χ0v) is 8.19. The first-order valence-electron chi connectivity index (χ1n) is 4.25. The van der Waals surface area contributed by atoms with Crippen LogP contribution in [0.3, 0.4) is 0 Å². The van der Waals surface area contributed by atoms with Crippen LogP contribution in [0, 0.1) is 0 Å². The van der Waals surface area contributed by atoms with Crippen molar-refractivity contribution in [1.82, 2.24) is 5.32 Å². The molecule has 0 aliphatic carbocycles. The van der Waals surface area contributed by atoms with E-state index in [9.17, 15) is 9.59 Å². The Morgan fingerprint density at radius 3 is 2.27 bits per heavy atom. The van der Waals surface area contributed by atoms with Gasteiger partial charge in [0.15, 0.2) is 0 Å². The minimum absolute atomic E-state index is 0.125. The average Bonchev–Trinajstić information content (AvgIpc) is 2.26. The Labute approximate surface area is 86.7 Å². The summed E-state index contributed by atoms with van der Waals surface area (Å²) < 4.78 is 4.67. The molecule has 0 bridgehead atoms. The number of amides is 1. The van der Waals surface area contributed by atoms with E-state index < -0.39 is 5.97 Å². The number of hydrogen-bond acceptors (Lipinski definition) is 3. The van der Waals surface area contributed by atoms with Gasteiger partial charge in [0.1, 0.15) is 6.73 Å². The number of nitrogens with one attached hydrogen (secondary N) is 1. The fourth-order valence-corrected chi connectivity index (χ4v) is 1.00. The van der Waals surface area contributed by atoms with Crippen LogP contribution >= 0.6 is 0 Å². The highest BCUT2D eigenvalue weighted by molar-refractivity contribution is 5.95. The standard InChI is InChI=1S/C10H11NO4/c1-15-6-11-9(12)7-2-4-8(5-3-7)10(13)14/h2-5H,6H2,1H3,(H,11,12)(H,13,14). The van der Waals surface area contributed by atoms with Gasteiger partial charge < -0.3 is 15.2 Å². The van der Waals surface area contributed by atoms with E-state index in [4.69, 9.17) is 5.11 Å². The molecule has 0 saturated heterocycles. The third-order valence-corrected chi connectivity index (χ3v) is 1.77. The molecule has 0 aliphatic heterocycles. The summed E-state index contributed by atoms with van der Waals surface area (Å²) >= 11 is 0. The van der Waals surface area contributed by atoms with Gasteiger partial charge in [0.05, 0.1) is 5.56 Å². The topological polar surface area (TPSA) is 75.6 Å². The van der Waals surface area contributed by atoms with E-state index >= 15 is 0 Å². The van der Waals surface area contributed by atoms with Crippen LogP contribution in [-0.4, -0.2) is 30.8 Å². The first-order valence-corrected chi connectivity index (χ1v) is 4.25. The SMILES string of the molecule is COCNC(=O)c1ccc(C(=O)O)cc1. The second kappa shape index (κ2) is 5.11. The summed E-state index contributed by atoms with van der Waals surface area (Å²) in [6.07, 6.45) is 0. The van der Waals surface area contributed by atoms with Crippen molar-refractivity contribution in [3.63, 3.8) is 0 Å². The summed E-state index contributed by atoms with van der Waals surface area (Å²) in [5, 5.41) is 11.1. The smallest absolute Gasteiger partial charge is 0.335 e. The second-order valence-corrected chi connectivity index (χ2v) is 2.82. The van der Waals surface area contributed by atoms with Crippen LogP contribution in [0.15, 0.2) is 24.3 Å². The summed E-state index contributed by atoms with van der Waals surface area (Å²) in [5.41, 5.74) is 0.551. The number of rotatable bonds is 4. The van der Waals surface area contributed by atoms with Crippen molar-refractivity contribution >= 4 is 11.9 Å². The lowest BCUT2D eigenvalue weighted by Gasteiger charge is -2.03. The van der Waals surface area contributed by atoms with E-state index in [-0.39, 0.29) is 18.2 Å². The Hall–Kier alpha value is -1.88. The lowest BCUT2D eigenvalue weighted by Crippen LogP contribution is -2.25. The molecule has 0 unspecified atom stereocenters. The molecule has 5 nitrogen and oxygen atoms in total. The van der Waals surface area contributed by atoms with E-state index in [2.05, 4.69) is 10.1 Å². The number of carboxylic acid groups (broad SMARTS) is 1. The van der Waals surface area contributed by atoms with Crippen LogP contribution in [0.1, 0.15) is 20.7 Å². The zero-order valence-electron chi connectivity index (χ0n) is 8.19. The fraction of sp³-hybridized carbons (Fsp3) is 0.200. The Kier molecular flexibility index (Phi) is 3.82. The highest BCUT2D eigenvalue weighted by Crippen LogP contribution is 2.04. The van der Waals surface area contributed by atoms with Crippen LogP contribution < -0.4 is 5.32 Å². The molecule has 1 amide bonds. The molecule has 0 radical (unpaired) electrons. The summed E-state index contributed by atoms with van der Waals surface area (Å²) in [6.45, 7) is 0.125. The normalized spacial score (nSPS) is 9.67. The van der Waals surface area contributed by atoms with Crippen molar-refractivity contribution in [3.05, 3.63) is 35.4 Å². The van der Waals surface area contributed by atoms with Crippen LogP contribution in [0.5, 0.6) is 0 Å². The molecule has 0 aliphatic rings. The third-order valence-electron chi connectivity index (χ3n) is 1.77. The molecule has 0 spiro atoms. The van der Waals surface area contributed by atoms with Crippen molar-refractivity contribution in [2.45, 2.75) is 0 Å². The predicted octanol–water partition coefficient (Wildman–Crippen LogP) is 0.719. The van der Waals surface area contributed by atoms with Crippen LogP contribution in [0.2, 0.25) is 0 Å². The highest BCUT2D eigenvalue weighted by atomic mass is 16.5. The number of methoxy groups -OCH3 is 1. The molecule has 15 heavy (non-hydrogen) atoms. The van der Waals surface area contributed by atoms with Gasteiger partial charge >= 0.3 is 5.97 Å². The molecule has 5 heteroatoms. The van der Waals surface area contributed by atoms with Gasteiger partial charge in [-0.1, -0.05) is 0 Å². The lowest BCUT2D eigenvalue weighted by atomic mass is 10.1. The minimum Gasteiger partial charge on any atom is -0.478 e. The molecule has 0 atom stereocenters. The van der Waals surface area contributed by atoms with Gasteiger partial charge in [-0.3, -0.25) is 4.79 Å². The number of aromatic carboxylic acids is 1. The van der Waals surface area contributed by atoms with Gasteiger partial charge in [0.2, 0.25) is 0 Å². The van der Waals surface area contributed by atoms with Crippen LogP contribution in [0.25, 0.3) is 0 Å². The first-order chi connectivity index (χ1) is 7.15. The predicted molar refractivity (Wildman–Crippen MR) is 52.7 cm³/mol. The molecule has 0 heterocycles. The molecule has 2 N–H and O–H groups in total. The number of ether oxygens (including phenoxy) is 1. The summed E-state index contributed by atoms with van der Waals surface area (Å²) in [5.74, 6) is -1.31. The molecule has 0 saturated carbocycles. The molecule has 1 aromatic rings. The number of carboxylic acids is 1. The van der Waals surface area contributed by atoms with Crippen molar-refractivity contribution in [3.8, 4) is 0 Å². The number of benzene rings is 1.